The molecule has 0 saturated carbocycles. The van der Waals surface area contributed by atoms with Crippen LogP contribution in [-0.2, 0) is 11.3 Å². The predicted octanol–water partition coefficient (Wildman–Crippen LogP) is 3.48. The van der Waals surface area contributed by atoms with Gasteiger partial charge in [-0.25, -0.2) is 4.68 Å². The van der Waals surface area contributed by atoms with Crippen molar-refractivity contribution in [2.24, 2.45) is 0 Å². The van der Waals surface area contributed by atoms with Gasteiger partial charge in [-0.1, -0.05) is 17.7 Å². The van der Waals surface area contributed by atoms with Crippen molar-refractivity contribution in [2.75, 3.05) is 12.1 Å². The molecule has 0 radical (unpaired) electrons. The van der Waals surface area contributed by atoms with E-state index in [1.807, 2.05) is 45.0 Å². The molecule has 0 unspecified atom stereocenters. The number of rotatable bonds is 4. The van der Waals surface area contributed by atoms with E-state index in [0.29, 0.717) is 22.8 Å². The standard InChI is InChI=1S/C24H22N4O4/c1-14-4-7-18(8-5-14)28-24-23(16(3)26-28)15(2)10-22(30)27(24)12-21(29)25-17-6-9-19-20(11-17)32-13-31-19/h4-11H,12-13H2,1-3H3,(H,25,29). The van der Waals surface area contributed by atoms with Crippen LogP contribution in [0.4, 0.5) is 5.69 Å². The number of nitrogens with one attached hydrogen (secondary N) is 1. The Morgan fingerprint density at radius 1 is 1.03 bits per heavy atom. The Labute approximate surface area is 184 Å². The summed E-state index contributed by atoms with van der Waals surface area (Å²) >= 11 is 0. The van der Waals surface area contributed by atoms with Crippen LogP contribution in [-0.4, -0.2) is 27.0 Å². The predicted molar refractivity (Wildman–Crippen MR) is 121 cm³/mol. The molecule has 32 heavy (non-hydrogen) atoms. The Morgan fingerprint density at radius 3 is 2.56 bits per heavy atom. The maximum absolute atomic E-state index is 12.9. The molecular formula is C24H22N4O4. The van der Waals surface area contributed by atoms with Gasteiger partial charge >= 0.3 is 0 Å². The highest BCUT2D eigenvalue weighted by molar-refractivity contribution is 5.92. The summed E-state index contributed by atoms with van der Waals surface area (Å²) in [6, 6.07) is 14.6. The number of anilines is 1. The van der Waals surface area contributed by atoms with Gasteiger partial charge in [0.05, 0.1) is 11.4 Å². The molecule has 162 valence electrons. The van der Waals surface area contributed by atoms with Gasteiger partial charge in [0.25, 0.3) is 5.56 Å². The topological polar surface area (TPSA) is 87.4 Å². The third-order valence-electron chi connectivity index (χ3n) is 5.53. The molecular weight excluding hydrogens is 408 g/mol. The third-order valence-corrected chi connectivity index (χ3v) is 5.53. The number of nitrogens with zero attached hydrogens (tertiary/aromatic N) is 3. The van der Waals surface area contributed by atoms with Gasteiger partial charge in [-0.2, -0.15) is 5.10 Å². The van der Waals surface area contributed by atoms with E-state index in [0.717, 1.165) is 27.9 Å². The first kappa shape index (κ1) is 19.9. The van der Waals surface area contributed by atoms with E-state index in [1.54, 1.807) is 28.9 Å². The lowest BCUT2D eigenvalue weighted by Gasteiger charge is -2.13. The highest BCUT2D eigenvalue weighted by atomic mass is 16.7. The summed E-state index contributed by atoms with van der Waals surface area (Å²) < 4.78 is 13.9. The number of hydrogen-bond acceptors (Lipinski definition) is 5. The number of aromatic nitrogens is 3. The maximum atomic E-state index is 12.9. The minimum Gasteiger partial charge on any atom is -0.454 e. The van der Waals surface area contributed by atoms with Crippen LogP contribution in [0, 0.1) is 20.8 Å². The Kier molecular flexibility index (Phi) is 4.70. The van der Waals surface area contributed by atoms with E-state index in [4.69, 9.17) is 9.47 Å². The van der Waals surface area contributed by atoms with E-state index < -0.39 is 0 Å². The van der Waals surface area contributed by atoms with E-state index in [1.165, 1.54) is 4.57 Å². The van der Waals surface area contributed by atoms with Crippen LogP contribution in [0.5, 0.6) is 11.5 Å². The highest BCUT2D eigenvalue weighted by Gasteiger charge is 2.19. The normalized spacial score (nSPS) is 12.3. The van der Waals surface area contributed by atoms with Crippen LogP contribution in [0.25, 0.3) is 16.7 Å². The molecule has 0 spiro atoms. The molecule has 5 rings (SSSR count). The van der Waals surface area contributed by atoms with Gasteiger partial charge in [-0.05, 0) is 50.6 Å². The molecule has 2 aromatic heterocycles. The van der Waals surface area contributed by atoms with Crippen LogP contribution in [0.2, 0.25) is 0 Å². The molecule has 8 heteroatoms. The number of carbonyl (C=O) groups excluding carboxylic acids is 1. The van der Waals surface area contributed by atoms with Crippen LogP contribution < -0.4 is 20.3 Å². The van der Waals surface area contributed by atoms with Crippen molar-refractivity contribution in [3.8, 4) is 17.2 Å². The number of fused-ring (bicyclic) bond motifs is 2. The fourth-order valence-electron chi connectivity index (χ4n) is 4.00. The van der Waals surface area contributed by atoms with Crippen molar-refractivity contribution in [1.29, 1.82) is 0 Å². The second-order valence-electron chi connectivity index (χ2n) is 7.90. The summed E-state index contributed by atoms with van der Waals surface area (Å²) in [6.07, 6.45) is 0. The Bertz CT molecular complexity index is 1420. The highest BCUT2D eigenvalue weighted by Crippen LogP contribution is 2.34. The van der Waals surface area contributed by atoms with Crippen molar-refractivity contribution in [3.05, 3.63) is 75.7 Å². The molecule has 1 aliphatic rings. The van der Waals surface area contributed by atoms with Gasteiger partial charge in [0.15, 0.2) is 11.5 Å². The molecule has 3 heterocycles. The molecule has 1 aliphatic heterocycles. The molecule has 0 bridgehead atoms. The van der Waals surface area contributed by atoms with Crippen molar-refractivity contribution < 1.29 is 14.3 Å². The number of pyridine rings is 1. The molecule has 1 amide bonds. The molecule has 0 fully saturated rings. The number of aryl methyl sites for hydroxylation is 3. The zero-order valence-corrected chi connectivity index (χ0v) is 18.0. The maximum Gasteiger partial charge on any atom is 0.252 e. The zero-order valence-electron chi connectivity index (χ0n) is 18.0. The number of ether oxygens (including phenoxy) is 2. The van der Waals surface area contributed by atoms with E-state index in [2.05, 4.69) is 10.4 Å². The lowest BCUT2D eigenvalue weighted by atomic mass is 10.1. The second-order valence-corrected chi connectivity index (χ2v) is 7.90. The van der Waals surface area contributed by atoms with Gasteiger partial charge < -0.3 is 14.8 Å². The average Bonchev–Trinajstić information content (AvgIpc) is 3.36. The number of carbonyl (C=O) groups is 1. The minimum absolute atomic E-state index is 0.152. The van der Waals surface area contributed by atoms with E-state index in [-0.39, 0.29) is 24.8 Å². The first-order chi connectivity index (χ1) is 15.4. The van der Waals surface area contributed by atoms with Gasteiger partial charge in [0, 0.05) is 23.2 Å². The van der Waals surface area contributed by atoms with E-state index >= 15 is 0 Å². The summed E-state index contributed by atoms with van der Waals surface area (Å²) in [5.41, 5.74) is 4.47. The average molecular weight is 430 g/mol. The zero-order chi connectivity index (χ0) is 22.4. The third kappa shape index (κ3) is 3.39. The van der Waals surface area contributed by atoms with Gasteiger partial charge in [0.2, 0.25) is 12.7 Å². The number of benzene rings is 2. The summed E-state index contributed by atoms with van der Waals surface area (Å²) in [4.78, 5) is 25.8. The SMILES string of the molecule is Cc1ccc(-n2nc(C)c3c(C)cc(=O)n(CC(=O)Nc4ccc5c(c4)OCO5)c32)cc1. The molecule has 0 saturated heterocycles. The first-order valence-electron chi connectivity index (χ1n) is 10.3. The molecule has 0 aliphatic carbocycles. The summed E-state index contributed by atoms with van der Waals surface area (Å²) in [5, 5.41) is 8.38. The van der Waals surface area contributed by atoms with Crippen LogP contribution in [0.3, 0.4) is 0 Å². The van der Waals surface area contributed by atoms with Gasteiger partial charge in [-0.15, -0.1) is 0 Å². The number of hydrogen-bond donors (Lipinski definition) is 1. The smallest absolute Gasteiger partial charge is 0.252 e. The lowest BCUT2D eigenvalue weighted by molar-refractivity contribution is -0.116. The van der Waals surface area contributed by atoms with Crippen molar-refractivity contribution in [3.63, 3.8) is 0 Å². The van der Waals surface area contributed by atoms with Crippen LogP contribution in [0.15, 0.2) is 53.3 Å². The molecule has 8 nitrogen and oxygen atoms in total. The Morgan fingerprint density at radius 2 is 1.78 bits per heavy atom. The second kappa shape index (κ2) is 7.56. The molecule has 0 atom stereocenters. The minimum atomic E-state index is -0.328. The van der Waals surface area contributed by atoms with Crippen molar-refractivity contribution in [2.45, 2.75) is 27.3 Å². The fourth-order valence-corrected chi connectivity index (χ4v) is 4.00. The van der Waals surface area contributed by atoms with Crippen molar-refractivity contribution in [1.82, 2.24) is 14.3 Å². The fraction of sp³-hybridized carbons (Fsp3) is 0.208. The van der Waals surface area contributed by atoms with Crippen LogP contribution in [0.1, 0.15) is 16.8 Å². The summed E-state index contributed by atoms with van der Waals surface area (Å²) in [5.74, 6) is 0.883. The quantitative estimate of drug-likeness (QED) is 0.536. The van der Waals surface area contributed by atoms with Crippen molar-refractivity contribution >= 4 is 22.6 Å². The monoisotopic (exact) mass is 430 g/mol. The Balaban J connectivity index is 1.55. The number of amides is 1. The molecule has 2 aromatic carbocycles. The molecule has 4 aromatic rings. The van der Waals surface area contributed by atoms with Gasteiger partial charge in [-0.3, -0.25) is 14.2 Å². The van der Waals surface area contributed by atoms with Gasteiger partial charge in [0.1, 0.15) is 12.2 Å². The summed E-state index contributed by atoms with van der Waals surface area (Å²) in [7, 11) is 0. The largest absolute Gasteiger partial charge is 0.454 e. The van der Waals surface area contributed by atoms with E-state index in [9.17, 15) is 9.59 Å². The summed E-state index contributed by atoms with van der Waals surface area (Å²) in [6.45, 7) is 5.81. The first-order valence-corrected chi connectivity index (χ1v) is 10.3. The molecule has 1 N–H and O–H groups in total. The van der Waals surface area contributed by atoms with Crippen LogP contribution >= 0.6 is 0 Å². The Hall–Kier alpha value is -4.07. The lowest BCUT2D eigenvalue weighted by Crippen LogP contribution is -2.29.